The summed E-state index contributed by atoms with van der Waals surface area (Å²) >= 11 is 5.24. The molecule has 0 amide bonds. The Labute approximate surface area is 118 Å². The van der Waals surface area contributed by atoms with E-state index in [0.29, 0.717) is 15.8 Å². The number of ether oxygens (including phenoxy) is 1. The van der Waals surface area contributed by atoms with Gasteiger partial charge < -0.3 is 24.6 Å². The van der Waals surface area contributed by atoms with Crippen LogP contribution in [0.15, 0.2) is 12.7 Å². The van der Waals surface area contributed by atoms with Gasteiger partial charge in [0.05, 0.1) is 19.3 Å². The van der Waals surface area contributed by atoms with Crippen LogP contribution in [0.2, 0.25) is 0 Å². The molecule has 4 atom stereocenters. The molecule has 1 fully saturated rings. The highest BCUT2D eigenvalue weighted by molar-refractivity contribution is 7.71. The van der Waals surface area contributed by atoms with E-state index in [1.165, 1.54) is 10.9 Å². The van der Waals surface area contributed by atoms with Crippen LogP contribution in [0.25, 0.3) is 11.2 Å². The number of aromatic nitrogens is 4. The lowest BCUT2D eigenvalue weighted by Crippen LogP contribution is -2.33. The number of aliphatic hydroxyl groups excluding tert-OH is 3. The molecule has 0 spiro atoms. The van der Waals surface area contributed by atoms with Crippen molar-refractivity contribution in [1.82, 2.24) is 19.1 Å². The number of aryl methyl sites for hydroxylation is 1. The predicted octanol–water partition coefficient (Wildman–Crippen LogP) is -0.889. The molecule has 0 saturated carbocycles. The molecule has 0 aromatic carbocycles. The van der Waals surface area contributed by atoms with E-state index >= 15 is 0 Å². The molecular formula is C11H14N4O4S. The molecule has 108 valence electrons. The summed E-state index contributed by atoms with van der Waals surface area (Å²) in [6.07, 6.45) is -1.03. The van der Waals surface area contributed by atoms with E-state index in [0.717, 1.165) is 0 Å². The number of aliphatic hydroxyl groups is 3. The zero-order chi connectivity index (χ0) is 14.4. The Morgan fingerprint density at radius 1 is 1.30 bits per heavy atom. The molecule has 0 radical (unpaired) electrons. The summed E-state index contributed by atoms with van der Waals surface area (Å²) < 4.78 is 9.13. The molecule has 3 rings (SSSR count). The van der Waals surface area contributed by atoms with Crippen LogP contribution < -0.4 is 0 Å². The number of rotatable bonds is 2. The summed E-state index contributed by atoms with van der Waals surface area (Å²) in [6.45, 7) is -0.379. The first kappa shape index (κ1) is 13.6. The van der Waals surface area contributed by atoms with E-state index in [4.69, 9.17) is 22.1 Å². The Morgan fingerprint density at radius 3 is 2.70 bits per heavy atom. The van der Waals surface area contributed by atoms with Crippen molar-refractivity contribution < 1.29 is 20.1 Å². The number of hydrogen-bond acceptors (Lipinski definition) is 7. The van der Waals surface area contributed by atoms with Crippen molar-refractivity contribution in [3.05, 3.63) is 17.3 Å². The van der Waals surface area contributed by atoms with Crippen molar-refractivity contribution in [3.63, 3.8) is 0 Å². The Kier molecular flexibility index (Phi) is 3.30. The highest BCUT2D eigenvalue weighted by atomic mass is 32.1. The number of fused-ring (bicyclic) bond motifs is 1. The summed E-state index contributed by atoms with van der Waals surface area (Å²) in [5.41, 5.74) is 0.977. The third-order valence-electron chi connectivity index (χ3n) is 3.44. The fraction of sp³-hybridized carbons (Fsp3) is 0.545. The minimum Gasteiger partial charge on any atom is -0.394 e. The largest absolute Gasteiger partial charge is 0.394 e. The minimum atomic E-state index is -1.17. The fourth-order valence-corrected chi connectivity index (χ4v) is 2.48. The number of hydrogen-bond donors (Lipinski definition) is 3. The second kappa shape index (κ2) is 4.86. The molecule has 20 heavy (non-hydrogen) atoms. The lowest BCUT2D eigenvalue weighted by Gasteiger charge is -2.16. The highest BCUT2D eigenvalue weighted by Crippen LogP contribution is 2.31. The van der Waals surface area contributed by atoms with Crippen LogP contribution in [0.1, 0.15) is 6.23 Å². The average molecular weight is 298 g/mol. The number of imidazole rings is 1. The van der Waals surface area contributed by atoms with Gasteiger partial charge in [0.25, 0.3) is 0 Å². The summed E-state index contributed by atoms with van der Waals surface area (Å²) in [7, 11) is 1.76. The summed E-state index contributed by atoms with van der Waals surface area (Å²) in [5.74, 6) is 0. The third kappa shape index (κ3) is 1.86. The van der Waals surface area contributed by atoms with Crippen LogP contribution in [0.5, 0.6) is 0 Å². The maximum Gasteiger partial charge on any atom is 0.166 e. The van der Waals surface area contributed by atoms with Crippen molar-refractivity contribution in [1.29, 1.82) is 0 Å². The minimum absolute atomic E-state index is 0.379. The van der Waals surface area contributed by atoms with Crippen molar-refractivity contribution in [2.45, 2.75) is 24.5 Å². The van der Waals surface area contributed by atoms with Gasteiger partial charge in [0.15, 0.2) is 11.9 Å². The maximum atomic E-state index is 10.0. The predicted molar refractivity (Wildman–Crippen MR) is 70.3 cm³/mol. The first-order valence-corrected chi connectivity index (χ1v) is 6.46. The van der Waals surface area contributed by atoms with Gasteiger partial charge in [-0.05, 0) is 0 Å². The molecule has 3 heterocycles. The Morgan fingerprint density at radius 2 is 2.05 bits per heavy atom. The smallest absolute Gasteiger partial charge is 0.166 e. The molecule has 2 aromatic heterocycles. The fourth-order valence-electron chi connectivity index (χ4n) is 2.29. The molecule has 1 saturated heterocycles. The third-order valence-corrected chi connectivity index (χ3v) is 3.92. The average Bonchev–Trinajstić information content (AvgIpc) is 2.98. The number of nitrogens with zero attached hydrogens (tertiary/aromatic N) is 4. The standard InChI is InChI=1S/C11H14N4O4S/c1-14-3-13-9-6(11(14)20)12-4-15(9)10-8(18)7(17)5(2-16)19-10/h3-5,7-8,10,16-18H,2H2,1H3. The Balaban J connectivity index is 2.08. The van der Waals surface area contributed by atoms with E-state index in [9.17, 15) is 10.2 Å². The Bertz CT molecular complexity index is 699. The van der Waals surface area contributed by atoms with Crippen LogP contribution in [0, 0.1) is 4.64 Å². The second-order valence-corrected chi connectivity index (χ2v) is 5.10. The van der Waals surface area contributed by atoms with E-state index in [1.54, 1.807) is 17.9 Å². The van der Waals surface area contributed by atoms with Gasteiger partial charge >= 0.3 is 0 Å². The molecule has 1 aliphatic heterocycles. The zero-order valence-electron chi connectivity index (χ0n) is 10.6. The van der Waals surface area contributed by atoms with Gasteiger partial charge in [-0.25, -0.2) is 9.97 Å². The quantitative estimate of drug-likeness (QED) is 0.618. The monoisotopic (exact) mass is 298 g/mol. The molecule has 0 bridgehead atoms. The normalized spacial score (nSPS) is 30.2. The summed E-state index contributed by atoms with van der Waals surface area (Å²) in [5, 5.41) is 28.9. The highest BCUT2D eigenvalue weighted by Gasteiger charge is 2.43. The molecule has 9 heteroatoms. The summed E-state index contributed by atoms with van der Waals surface area (Å²) in [6, 6.07) is 0. The summed E-state index contributed by atoms with van der Waals surface area (Å²) in [4.78, 5) is 8.39. The maximum absolute atomic E-state index is 10.0. The molecule has 4 unspecified atom stereocenters. The molecular weight excluding hydrogens is 284 g/mol. The van der Waals surface area contributed by atoms with Crippen LogP contribution in [-0.4, -0.2) is 59.3 Å². The Hall–Kier alpha value is -1.39. The van der Waals surface area contributed by atoms with Crippen LogP contribution >= 0.6 is 12.2 Å². The first-order valence-electron chi connectivity index (χ1n) is 6.05. The SMILES string of the molecule is Cn1cnc2c(ncn2C2OC(CO)C(O)C2O)c1=S. The molecule has 0 aliphatic carbocycles. The molecule has 1 aliphatic rings. The lowest BCUT2D eigenvalue weighted by atomic mass is 10.1. The molecule has 8 nitrogen and oxygen atoms in total. The van der Waals surface area contributed by atoms with Crippen LogP contribution in [0.3, 0.4) is 0 Å². The van der Waals surface area contributed by atoms with Gasteiger partial charge in [0.1, 0.15) is 28.5 Å². The lowest BCUT2D eigenvalue weighted by molar-refractivity contribution is -0.0511. The van der Waals surface area contributed by atoms with Gasteiger partial charge in [0, 0.05) is 7.05 Å². The van der Waals surface area contributed by atoms with Crippen molar-refractivity contribution >= 4 is 23.4 Å². The van der Waals surface area contributed by atoms with Gasteiger partial charge in [-0.15, -0.1) is 0 Å². The topological polar surface area (TPSA) is 106 Å². The molecule has 3 N–H and O–H groups in total. The van der Waals surface area contributed by atoms with E-state index < -0.39 is 24.5 Å². The van der Waals surface area contributed by atoms with Gasteiger partial charge in [-0.3, -0.25) is 4.57 Å². The van der Waals surface area contributed by atoms with Crippen molar-refractivity contribution in [2.75, 3.05) is 6.61 Å². The molecule has 2 aromatic rings. The zero-order valence-corrected chi connectivity index (χ0v) is 11.4. The van der Waals surface area contributed by atoms with Gasteiger partial charge in [0.2, 0.25) is 0 Å². The second-order valence-electron chi connectivity index (χ2n) is 4.71. The first-order chi connectivity index (χ1) is 9.54. The van der Waals surface area contributed by atoms with Gasteiger partial charge in [-0.2, -0.15) is 0 Å². The van der Waals surface area contributed by atoms with E-state index in [-0.39, 0.29) is 6.61 Å². The van der Waals surface area contributed by atoms with Crippen molar-refractivity contribution in [2.24, 2.45) is 7.05 Å². The van der Waals surface area contributed by atoms with E-state index in [2.05, 4.69) is 9.97 Å². The van der Waals surface area contributed by atoms with Gasteiger partial charge in [-0.1, -0.05) is 12.2 Å². The van der Waals surface area contributed by atoms with Crippen LogP contribution in [0.4, 0.5) is 0 Å². The van der Waals surface area contributed by atoms with E-state index in [1.807, 2.05) is 0 Å². The van der Waals surface area contributed by atoms with Crippen molar-refractivity contribution in [3.8, 4) is 0 Å². The van der Waals surface area contributed by atoms with Crippen LogP contribution in [-0.2, 0) is 11.8 Å².